The summed E-state index contributed by atoms with van der Waals surface area (Å²) < 4.78 is 6.13. The van der Waals surface area contributed by atoms with E-state index in [2.05, 4.69) is 22.5 Å². The van der Waals surface area contributed by atoms with Crippen LogP contribution in [-0.4, -0.2) is 17.7 Å². The van der Waals surface area contributed by atoms with E-state index < -0.39 is 5.97 Å². The molecule has 0 heterocycles. The predicted molar refractivity (Wildman–Crippen MR) is 71.7 cm³/mol. The van der Waals surface area contributed by atoms with Gasteiger partial charge in [0.2, 0.25) is 0 Å². The quantitative estimate of drug-likeness (QED) is 0.842. The average Bonchev–Trinajstić information content (AvgIpc) is 2.24. The van der Waals surface area contributed by atoms with Crippen molar-refractivity contribution in [3.8, 4) is 5.75 Å². The molecule has 1 N–H and O–H groups in total. The Morgan fingerprint density at radius 1 is 1.59 bits per heavy atom. The van der Waals surface area contributed by atoms with Crippen molar-refractivity contribution in [2.45, 2.75) is 0 Å². The molecule has 0 aromatic heterocycles. The molecule has 0 unspecified atom stereocenters. The van der Waals surface area contributed by atoms with E-state index in [9.17, 15) is 4.79 Å². The van der Waals surface area contributed by atoms with Crippen LogP contribution in [0.1, 0.15) is 5.56 Å². The van der Waals surface area contributed by atoms with Gasteiger partial charge in [0.25, 0.3) is 0 Å². The summed E-state index contributed by atoms with van der Waals surface area (Å²) in [6.45, 7) is 3.95. The molecule has 0 amide bonds. The second kappa shape index (κ2) is 6.47. The Kier molecular flexibility index (Phi) is 5.25. The second-order valence-electron chi connectivity index (χ2n) is 3.16. The molecule has 0 fully saturated rings. The Labute approximate surface area is 112 Å². The minimum absolute atomic E-state index is 0.301. The van der Waals surface area contributed by atoms with Crippen LogP contribution in [0.2, 0.25) is 5.02 Å². The summed E-state index contributed by atoms with van der Waals surface area (Å²) in [7, 11) is 0. The van der Waals surface area contributed by atoms with E-state index in [0.29, 0.717) is 27.4 Å². The van der Waals surface area contributed by atoms with Gasteiger partial charge >= 0.3 is 5.97 Å². The number of ether oxygens (including phenoxy) is 1. The average molecular weight is 318 g/mol. The van der Waals surface area contributed by atoms with Crippen molar-refractivity contribution in [2.75, 3.05) is 6.61 Å². The lowest BCUT2D eigenvalue weighted by molar-refractivity contribution is -0.131. The first kappa shape index (κ1) is 13.8. The van der Waals surface area contributed by atoms with Gasteiger partial charge in [-0.3, -0.25) is 0 Å². The zero-order valence-corrected chi connectivity index (χ0v) is 11.2. The minimum atomic E-state index is -1.03. The third-order valence-electron chi connectivity index (χ3n) is 1.76. The van der Waals surface area contributed by atoms with Gasteiger partial charge in [-0.15, -0.1) is 0 Å². The van der Waals surface area contributed by atoms with Gasteiger partial charge in [0, 0.05) is 21.1 Å². The van der Waals surface area contributed by atoms with Gasteiger partial charge in [0.15, 0.2) is 0 Å². The van der Waals surface area contributed by atoms with Crippen LogP contribution in [0.4, 0.5) is 0 Å². The summed E-state index contributed by atoms with van der Waals surface area (Å²) >= 11 is 9.01. The van der Waals surface area contributed by atoms with Crippen LogP contribution in [0.5, 0.6) is 5.75 Å². The molecule has 3 nitrogen and oxygen atoms in total. The Hall–Kier alpha value is -1.26. The number of hydrogen-bond acceptors (Lipinski definition) is 2. The van der Waals surface area contributed by atoms with Crippen molar-refractivity contribution in [1.29, 1.82) is 0 Å². The fraction of sp³-hybridized carbons (Fsp3) is 0.0833. The topological polar surface area (TPSA) is 46.5 Å². The van der Waals surface area contributed by atoms with Crippen LogP contribution in [0.25, 0.3) is 6.08 Å². The first-order valence-corrected chi connectivity index (χ1v) is 5.83. The maximum absolute atomic E-state index is 10.5. The lowest BCUT2D eigenvalue weighted by atomic mass is 10.2. The zero-order valence-electron chi connectivity index (χ0n) is 8.82. The molecule has 0 aliphatic heterocycles. The van der Waals surface area contributed by atoms with Crippen LogP contribution in [0.3, 0.4) is 0 Å². The van der Waals surface area contributed by atoms with E-state index in [1.807, 2.05) is 0 Å². The normalized spacial score (nSPS) is 10.5. The number of carboxylic acid groups (broad SMARTS) is 1. The molecule has 0 atom stereocenters. The van der Waals surface area contributed by atoms with E-state index in [0.717, 1.165) is 6.08 Å². The fourth-order valence-electron chi connectivity index (χ4n) is 1.10. The van der Waals surface area contributed by atoms with Crippen molar-refractivity contribution >= 4 is 39.6 Å². The third kappa shape index (κ3) is 5.06. The first-order chi connectivity index (χ1) is 7.99. The number of benzene rings is 1. The van der Waals surface area contributed by atoms with Gasteiger partial charge in [-0.05, 0) is 24.3 Å². The molecule has 0 radical (unpaired) electrons. The summed E-state index contributed by atoms with van der Waals surface area (Å²) in [5, 5.41) is 9.08. The molecule has 0 spiro atoms. The summed E-state index contributed by atoms with van der Waals surface area (Å²) in [5.41, 5.74) is 0.605. The Balaban J connectivity index is 2.95. The summed E-state index contributed by atoms with van der Waals surface area (Å²) in [6.07, 6.45) is 2.46. The van der Waals surface area contributed by atoms with E-state index in [4.69, 9.17) is 21.4 Å². The van der Waals surface area contributed by atoms with Gasteiger partial charge in [-0.1, -0.05) is 34.1 Å². The fourth-order valence-corrected chi connectivity index (χ4v) is 1.39. The highest BCUT2D eigenvalue weighted by molar-refractivity contribution is 9.11. The number of rotatable bonds is 5. The van der Waals surface area contributed by atoms with Crippen LogP contribution < -0.4 is 4.74 Å². The van der Waals surface area contributed by atoms with Crippen LogP contribution in [0, 0.1) is 0 Å². The molecule has 0 saturated heterocycles. The number of aliphatic carboxylic acids is 1. The largest absolute Gasteiger partial charge is 0.488 e. The Morgan fingerprint density at radius 3 is 2.88 bits per heavy atom. The highest BCUT2D eigenvalue weighted by atomic mass is 79.9. The maximum atomic E-state index is 10.5. The molecule has 5 heteroatoms. The lowest BCUT2D eigenvalue weighted by Crippen LogP contribution is -1.98. The smallest absolute Gasteiger partial charge is 0.328 e. The lowest BCUT2D eigenvalue weighted by Gasteiger charge is -2.08. The van der Waals surface area contributed by atoms with Crippen LogP contribution >= 0.6 is 27.5 Å². The van der Waals surface area contributed by atoms with Gasteiger partial charge in [0.05, 0.1) is 0 Å². The molecule has 0 saturated carbocycles. The Bertz CT molecular complexity index is 469. The van der Waals surface area contributed by atoms with Crippen molar-refractivity contribution in [1.82, 2.24) is 0 Å². The number of carbonyl (C=O) groups is 1. The molecule has 1 aromatic rings. The predicted octanol–water partition coefficient (Wildman–Crippen LogP) is 3.73. The zero-order chi connectivity index (χ0) is 12.8. The molecular formula is C12H10BrClO3. The van der Waals surface area contributed by atoms with Crippen LogP contribution in [-0.2, 0) is 4.79 Å². The second-order valence-corrected chi connectivity index (χ2v) is 4.72. The van der Waals surface area contributed by atoms with E-state index in [1.54, 1.807) is 18.2 Å². The van der Waals surface area contributed by atoms with Crippen LogP contribution in [0.15, 0.2) is 35.3 Å². The standard InChI is InChI=1S/C12H10BrClO3/c1-8(13)7-17-11-4-3-10(14)6-9(11)2-5-12(15)16/h2-6H,1,7H2,(H,15,16)/b5-2+. The molecule has 90 valence electrons. The number of carboxylic acids is 1. The molecular weight excluding hydrogens is 307 g/mol. The first-order valence-electron chi connectivity index (χ1n) is 4.65. The third-order valence-corrected chi connectivity index (χ3v) is 2.23. The van der Waals surface area contributed by atoms with Gasteiger partial charge in [0.1, 0.15) is 12.4 Å². The van der Waals surface area contributed by atoms with Crippen molar-refractivity contribution < 1.29 is 14.6 Å². The maximum Gasteiger partial charge on any atom is 0.328 e. The molecule has 0 aliphatic carbocycles. The van der Waals surface area contributed by atoms with E-state index >= 15 is 0 Å². The summed E-state index contributed by atoms with van der Waals surface area (Å²) in [6, 6.07) is 4.99. The minimum Gasteiger partial charge on any atom is -0.488 e. The van der Waals surface area contributed by atoms with Crippen molar-refractivity contribution in [3.63, 3.8) is 0 Å². The van der Waals surface area contributed by atoms with Gasteiger partial charge < -0.3 is 9.84 Å². The molecule has 1 rings (SSSR count). The summed E-state index contributed by atoms with van der Waals surface area (Å²) in [4.78, 5) is 10.5. The monoisotopic (exact) mass is 316 g/mol. The van der Waals surface area contributed by atoms with Gasteiger partial charge in [-0.25, -0.2) is 4.79 Å². The number of halogens is 2. The molecule has 0 bridgehead atoms. The number of hydrogen-bond donors (Lipinski definition) is 1. The molecule has 1 aromatic carbocycles. The highest BCUT2D eigenvalue weighted by Crippen LogP contribution is 2.25. The van der Waals surface area contributed by atoms with E-state index in [-0.39, 0.29) is 0 Å². The Morgan fingerprint density at radius 2 is 2.29 bits per heavy atom. The summed E-state index contributed by atoms with van der Waals surface area (Å²) in [5.74, 6) is -0.478. The van der Waals surface area contributed by atoms with E-state index in [1.165, 1.54) is 6.08 Å². The van der Waals surface area contributed by atoms with Crippen molar-refractivity contribution in [3.05, 3.63) is 45.9 Å². The molecule has 17 heavy (non-hydrogen) atoms. The van der Waals surface area contributed by atoms with Gasteiger partial charge in [-0.2, -0.15) is 0 Å². The SMILES string of the molecule is C=C(Br)COc1ccc(Cl)cc1/C=C/C(=O)O. The molecule has 0 aliphatic rings. The van der Waals surface area contributed by atoms with Crippen molar-refractivity contribution in [2.24, 2.45) is 0 Å². The highest BCUT2D eigenvalue weighted by Gasteiger charge is 2.03.